The summed E-state index contributed by atoms with van der Waals surface area (Å²) < 4.78 is 11.0. The van der Waals surface area contributed by atoms with Crippen LogP contribution in [0, 0.1) is 0 Å². The molecule has 0 fully saturated rings. The van der Waals surface area contributed by atoms with E-state index >= 15 is 0 Å². The monoisotopic (exact) mass is 438 g/mol. The van der Waals surface area contributed by atoms with E-state index in [0.29, 0.717) is 12.4 Å². The molecule has 0 unspecified atom stereocenters. The van der Waals surface area contributed by atoms with Crippen LogP contribution in [-0.4, -0.2) is 37.7 Å². The molecule has 1 heterocycles. The first-order valence-corrected chi connectivity index (χ1v) is 7.94. The van der Waals surface area contributed by atoms with Gasteiger partial charge in [-0.15, -0.1) is 24.0 Å². The lowest BCUT2D eigenvalue weighted by atomic mass is 9.94. The van der Waals surface area contributed by atoms with Crippen LogP contribution < -0.4 is 10.6 Å². The van der Waals surface area contributed by atoms with Crippen molar-refractivity contribution in [2.75, 3.05) is 26.8 Å². The molecular formula is C16H31IN4O2. The summed E-state index contributed by atoms with van der Waals surface area (Å²) in [6, 6.07) is 0. The number of nitrogens with one attached hydrogen (secondary N) is 2. The van der Waals surface area contributed by atoms with E-state index in [1.54, 1.807) is 13.2 Å². The van der Waals surface area contributed by atoms with Crippen LogP contribution >= 0.6 is 24.0 Å². The maximum Gasteiger partial charge on any atom is 0.213 e. The van der Waals surface area contributed by atoms with Crippen LogP contribution in [0.4, 0.5) is 0 Å². The van der Waals surface area contributed by atoms with Gasteiger partial charge in [-0.1, -0.05) is 20.8 Å². The standard InChI is InChI=1S/C16H30N4O2.HI/c1-6-21-10-8-7-9-18-15(17-5)20-12-14-19-11-13(22-14)16(2,3)4;/h11H,6-10,12H2,1-5H3,(H2,17,18,20);1H. The maximum absolute atomic E-state index is 5.74. The molecule has 0 saturated heterocycles. The van der Waals surface area contributed by atoms with Gasteiger partial charge in [0.2, 0.25) is 5.89 Å². The van der Waals surface area contributed by atoms with Gasteiger partial charge in [0, 0.05) is 32.2 Å². The molecule has 6 nitrogen and oxygen atoms in total. The zero-order chi connectivity index (χ0) is 16.4. The van der Waals surface area contributed by atoms with E-state index in [1.807, 2.05) is 6.92 Å². The summed E-state index contributed by atoms with van der Waals surface area (Å²) in [4.78, 5) is 8.48. The molecule has 1 aromatic heterocycles. The number of unbranched alkanes of at least 4 members (excludes halogenated alkanes) is 1. The minimum atomic E-state index is -0.0221. The molecule has 7 heteroatoms. The normalized spacial score (nSPS) is 12.0. The zero-order valence-electron chi connectivity index (χ0n) is 14.9. The van der Waals surface area contributed by atoms with Crippen LogP contribution in [0.25, 0.3) is 0 Å². The van der Waals surface area contributed by atoms with Gasteiger partial charge in [-0.2, -0.15) is 0 Å². The summed E-state index contributed by atoms with van der Waals surface area (Å²) in [5, 5.41) is 6.47. The highest BCUT2D eigenvalue weighted by molar-refractivity contribution is 14.0. The molecule has 23 heavy (non-hydrogen) atoms. The molecule has 0 atom stereocenters. The fourth-order valence-corrected chi connectivity index (χ4v) is 1.80. The SMILES string of the molecule is CCOCCCCNC(=NC)NCc1ncc(C(C)(C)C)o1.I. The highest BCUT2D eigenvalue weighted by Gasteiger charge is 2.19. The Hall–Kier alpha value is -0.830. The molecule has 1 rings (SSSR count). The number of rotatable bonds is 8. The summed E-state index contributed by atoms with van der Waals surface area (Å²) in [5.41, 5.74) is -0.0221. The average molecular weight is 438 g/mol. The van der Waals surface area contributed by atoms with E-state index in [-0.39, 0.29) is 29.4 Å². The summed E-state index contributed by atoms with van der Waals surface area (Å²) in [5.74, 6) is 2.32. The highest BCUT2D eigenvalue weighted by atomic mass is 127. The predicted octanol–water partition coefficient (Wildman–Crippen LogP) is 3.07. The Balaban J connectivity index is 0.00000484. The Morgan fingerprint density at radius 3 is 2.61 bits per heavy atom. The minimum Gasteiger partial charge on any atom is -0.443 e. The largest absolute Gasteiger partial charge is 0.443 e. The van der Waals surface area contributed by atoms with Gasteiger partial charge in [-0.05, 0) is 19.8 Å². The fraction of sp³-hybridized carbons (Fsp3) is 0.750. The number of hydrogen-bond acceptors (Lipinski definition) is 4. The quantitative estimate of drug-likeness (QED) is 0.283. The molecule has 0 saturated carbocycles. The van der Waals surface area contributed by atoms with Gasteiger partial charge in [0.05, 0.1) is 12.7 Å². The lowest BCUT2D eigenvalue weighted by Crippen LogP contribution is -2.37. The maximum atomic E-state index is 5.74. The minimum absolute atomic E-state index is 0. The molecule has 0 bridgehead atoms. The second-order valence-electron chi connectivity index (χ2n) is 6.12. The summed E-state index contributed by atoms with van der Waals surface area (Å²) in [7, 11) is 1.76. The smallest absolute Gasteiger partial charge is 0.213 e. The van der Waals surface area contributed by atoms with Gasteiger partial charge in [0.15, 0.2) is 5.96 Å². The Morgan fingerprint density at radius 2 is 2.04 bits per heavy atom. The number of nitrogens with zero attached hydrogens (tertiary/aromatic N) is 2. The van der Waals surface area contributed by atoms with Crippen molar-refractivity contribution in [3.63, 3.8) is 0 Å². The molecular weight excluding hydrogens is 407 g/mol. The van der Waals surface area contributed by atoms with Gasteiger partial charge in [-0.3, -0.25) is 4.99 Å². The molecule has 0 aliphatic carbocycles. The first-order chi connectivity index (χ1) is 10.5. The van der Waals surface area contributed by atoms with Crippen molar-refractivity contribution in [3.05, 3.63) is 17.8 Å². The predicted molar refractivity (Wildman–Crippen MR) is 105 cm³/mol. The molecule has 0 amide bonds. The zero-order valence-corrected chi connectivity index (χ0v) is 17.3. The number of ether oxygens (including phenoxy) is 1. The summed E-state index contributed by atoms with van der Waals surface area (Å²) in [6.45, 7) is 11.3. The van der Waals surface area contributed by atoms with Crippen LogP contribution in [0.5, 0.6) is 0 Å². The first kappa shape index (κ1) is 22.2. The van der Waals surface area contributed by atoms with Crippen molar-refractivity contribution >= 4 is 29.9 Å². The molecule has 1 aromatic rings. The van der Waals surface area contributed by atoms with Crippen LogP contribution in [0.3, 0.4) is 0 Å². The van der Waals surface area contributed by atoms with Crippen molar-refractivity contribution in [1.29, 1.82) is 0 Å². The highest BCUT2D eigenvalue weighted by Crippen LogP contribution is 2.22. The summed E-state index contributed by atoms with van der Waals surface area (Å²) >= 11 is 0. The molecule has 0 aliphatic heterocycles. The second kappa shape index (κ2) is 11.7. The molecule has 0 aliphatic rings. The third kappa shape index (κ3) is 9.14. The van der Waals surface area contributed by atoms with E-state index in [4.69, 9.17) is 9.15 Å². The average Bonchev–Trinajstić information content (AvgIpc) is 2.95. The Morgan fingerprint density at radius 1 is 1.30 bits per heavy atom. The van der Waals surface area contributed by atoms with E-state index in [1.165, 1.54) is 0 Å². The Kier molecular flexibility index (Phi) is 11.2. The molecule has 134 valence electrons. The summed E-state index contributed by atoms with van der Waals surface area (Å²) in [6.07, 6.45) is 3.89. The van der Waals surface area contributed by atoms with Crippen molar-refractivity contribution in [1.82, 2.24) is 15.6 Å². The van der Waals surface area contributed by atoms with Gasteiger partial charge in [0.25, 0.3) is 0 Å². The van der Waals surface area contributed by atoms with Gasteiger partial charge < -0.3 is 19.8 Å². The van der Waals surface area contributed by atoms with Gasteiger partial charge >= 0.3 is 0 Å². The molecule has 0 radical (unpaired) electrons. The third-order valence-corrected chi connectivity index (χ3v) is 3.14. The lowest BCUT2D eigenvalue weighted by molar-refractivity contribution is 0.143. The van der Waals surface area contributed by atoms with Gasteiger partial charge in [-0.25, -0.2) is 4.98 Å². The number of aromatic nitrogens is 1. The van der Waals surface area contributed by atoms with E-state index in [9.17, 15) is 0 Å². The van der Waals surface area contributed by atoms with Crippen molar-refractivity contribution in [2.24, 2.45) is 4.99 Å². The van der Waals surface area contributed by atoms with Crippen LogP contribution in [0.15, 0.2) is 15.6 Å². The van der Waals surface area contributed by atoms with Crippen molar-refractivity contribution in [2.45, 2.75) is 52.5 Å². The van der Waals surface area contributed by atoms with Crippen LogP contribution in [0.1, 0.15) is 52.2 Å². The van der Waals surface area contributed by atoms with Crippen molar-refractivity contribution in [3.8, 4) is 0 Å². The number of halogens is 1. The van der Waals surface area contributed by atoms with Gasteiger partial charge in [0.1, 0.15) is 5.76 Å². The number of aliphatic imine (C=N–C) groups is 1. The van der Waals surface area contributed by atoms with E-state index in [2.05, 4.69) is 41.4 Å². The molecule has 0 spiro atoms. The molecule has 0 aromatic carbocycles. The van der Waals surface area contributed by atoms with Crippen LogP contribution in [0.2, 0.25) is 0 Å². The van der Waals surface area contributed by atoms with E-state index in [0.717, 1.165) is 44.3 Å². The third-order valence-electron chi connectivity index (χ3n) is 3.14. The van der Waals surface area contributed by atoms with E-state index < -0.39 is 0 Å². The lowest BCUT2D eigenvalue weighted by Gasteiger charge is -2.13. The number of guanidine groups is 1. The first-order valence-electron chi connectivity index (χ1n) is 7.94. The Bertz CT molecular complexity index is 455. The Labute approximate surface area is 156 Å². The molecule has 2 N–H and O–H groups in total. The number of hydrogen-bond donors (Lipinski definition) is 2. The van der Waals surface area contributed by atoms with Crippen LogP contribution in [-0.2, 0) is 16.7 Å². The second-order valence-corrected chi connectivity index (χ2v) is 6.12. The van der Waals surface area contributed by atoms with Crippen molar-refractivity contribution < 1.29 is 9.15 Å². The number of oxazole rings is 1. The topological polar surface area (TPSA) is 71.7 Å². The fourth-order valence-electron chi connectivity index (χ4n) is 1.80.